The van der Waals surface area contributed by atoms with Crippen molar-refractivity contribution in [3.8, 4) is 11.1 Å². The van der Waals surface area contributed by atoms with E-state index < -0.39 is 0 Å². The van der Waals surface area contributed by atoms with E-state index in [9.17, 15) is 9.90 Å². The van der Waals surface area contributed by atoms with E-state index in [1.165, 1.54) is 16.9 Å². The number of nitrogens with zero attached hydrogens (tertiary/aromatic N) is 3. The van der Waals surface area contributed by atoms with Crippen molar-refractivity contribution < 1.29 is 9.84 Å². The van der Waals surface area contributed by atoms with Crippen LogP contribution in [0.25, 0.3) is 21.3 Å². The first kappa shape index (κ1) is 25.0. The largest absolute Gasteiger partial charge is 0.392 e. The normalized spacial score (nSPS) is 15.9. The Balaban J connectivity index is 1.56. The van der Waals surface area contributed by atoms with E-state index in [1.54, 1.807) is 0 Å². The third kappa shape index (κ3) is 6.12. The number of benzene rings is 1. The van der Waals surface area contributed by atoms with Crippen LogP contribution in [-0.2, 0) is 11.3 Å². The van der Waals surface area contributed by atoms with Crippen LogP contribution >= 0.6 is 11.3 Å². The molecule has 1 aromatic carbocycles. The molecule has 1 aliphatic heterocycles. The zero-order chi connectivity index (χ0) is 24.1. The second-order valence-electron chi connectivity index (χ2n) is 9.29. The van der Waals surface area contributed by atoms with Crippen LogP contribution < -0.4 is 5.56 Å². The topological polar surface area (TPSA) is 81.7 Å². The molecule has 7 nitrogen and oxygen atoms in total. The molecule has 0 bridgehead atoms. The molecule has 3 aromatic rings. The number of H-pyrrole nitrogens is 1. The summed E-state index contributed by atoms with van der Waals surface area (Å²) in [6.07, 6.45) is 1.32. The highest BCUT2D eigenvalue weighted by Crippen LogP contribution is 2.33. The molecule has 0 radical (unpaired) electrons. The summed E-state index contributed by atoms with van der Waals surface area (Å²) in [4.78, 5) is 26.4. The van der Waals surface area contributed by atoms with Gasteiger partial charge in [0.2, 0.25) is 0 Å². The van der Waals surface area contributed by atoms with E-state index in [0.717, 1.165) is 73.8 Å². The average Bonchev–Trinajstić information content (AvgIpc) is 3.24. The van der Waals surface area contributed by atoms with Gasteiger partial charge in [0.25, 0.3) is 5.56 Å². The van der Waals surface area contributed by atoms with Gasteiger partial charge < -0.3 is 14.8 Å². The first-order chi connectivity index (χ1) is 16.4. The molecule has 1 saturated heterocycles. The van der Waals surface area contributed by atoms with E-state index in [1.807, 2.05) is 5.38 Å². The monoisotopic (exact) mass is 484 g/mol. The fourth-order valence-corrected chi connectivity index (χ4v) is 5.53. The Hall–Kier alpha value is -2.10. The van der Waals surface area contributed by atoms with E-state index in [4.69, 9.17) is 9.72 Å². The summed E-state index contributed by atoms with van der Waals surface area (Å²) >= 11 is 1.52. The van der Waals surface area contributed by atoms with Gasteiger partial charge in [0.05, 0.1) is 31.2 Å². The van der Waals surface area contributed by atoms with Crippen LogP contribution in [0.1, 0.15) is 36.7 Å². The van der Waals surface area contributed by atoms with E-state index in [2.05, 4.69) is 53.8 Å². The van der Waals surface area contributed by atoms with Gasteiger partial charge in [-0.25, -0.2) is 4.98 Å². The van der Waals surface area contributed by atoms with Crippen LogP contribution in [0.2, 0.25) is 0 Å². The lowest BCUT2D eigenvalue weighted by molar-refractivity contribution is 0.0285. The molecular weight excluding hydrogens is 448 g/mol. The molecule has 0 saturated carbocycles. The van der Waals surface area contributed by atoms with Crippen molar-refractivity contribution in [3.63, 3.8) is 0 Å². The Bertz CT molecular complexity index is 1150. The third-order valence-electron chi connectivity index (χ3n) is 6.48. The van der Waals surface area contributed by atoms with Crippen LogP contribution in [0.5, 0.6) is 0 Å². The number of ether oxygens (including phenoxy) is 1. The number of aromatic nitrogens is 2. The maximum Gasteiger partial charge on any atom is 0.260 e. The molecule has 2 aromatic heterocycles. The number of morpholine rings is 1. The smallest absolute Gasteiger partial charge is 0.260 e. The van der Waals surface area contributed by atoms with Crippen LogP contribution in [-0.4, -0.2) is 76.9 Å². The van der Waals surface area contributed by atoms with Crippen molar-refractivity contribution in [1.29, 1.82) is 0 Å². The van der Waals surface area contributed by atoms with Crippen molar-refractivity contribution in [2.45, 2.75) is 46.3 Å². The predicted molar refractivity (Wildman–Crippen MR) is 139 cm³/mol. The highest BCUT2D eigenvalue weighted by Gasteiger charge is 2.19. The molecule has 0 amide bonds. The molecule has 2 N–H and O–H groups in total. The Morgan fingerprint density at radius 1 is 1.26 bits per heavy atom. The summed E-state index contributed by atoms with van der Waals surface area (Å²) in [5.41, 5.74) is 4.25. The minimum Gasteiger partial charge on any atom is -0.392 e. The fraction of sp³-hybridized carbons (Fsp3) is 0.538. The van der Waals surface area contributed by atoms with Gasteiger partial charge in [-0.2, -0.15) is 0 Å². The maximum absolute atomic E-state index is 13.2. The number of aliphatic hydroxyl groups is 1. The summed E-state index contributed by atoms with van der Waals surface area (Å²) in [6.45, 7) is 12.4. The van der Waals surface area contributed by atoms with Crippen molar-refractivity contribution in [1.82, 2.24) is 19.8 Å². The number of aromatic amines is 1. The third-order valence-corrected chi connectivity index (χ3v) is 7.35. The lowest BCUT2D eigenvalue weighted by atomic mass is 9.99. The molecule has 34 heavy (non-hydrogen) atoms. The Morgan fingerprint density at radius 2 is 2.06 bits per heavy atom. The van der Waals surface area contributed by atoms with Crippen molar-refractivity contribution in [2.75, 3.05) is 45.9 Å². The van der Waals surface area contributed by atoms with Crippen molar-refractivity contribution in [2.24, 2.45) is 0 Å². The second kappa shape index (κ2) is 11.6. The average molecular weight is 485 g/mol. The van der Waals surface area contributed by atoms with Crippen LogP contribution in [0.3, 0.4) is 0 Å². The van der Waals surface area contributed by atoms with Gasteiger partial charge in [0.1, 0.15) is 10.7 Å². The number of rotatable bonds is 10. The van der Waals surface area contributed by atoms with Gasteiger partial charge in [0.15, 0.2) is 0 Å². The highest BCUT2D eigenvalue weighted by molar-refractivity contribution is 7.17. The van der Waals surface area contributed by atoms with Crippen LogP contribution in [0.15, 0.2) is 28.4 Å². The summed E-state index contributed by atoms with van der Waals surface area (Å²) in [5, 5.41) is 13.2. The summed E-state index contributed by atoms with van der Waals surface area (Å²) in [6, 6.07) is 6.32. The molecule has 0 spiro atoms. The quantitative estimate of drug-likeness (QED) is 0.458. The maximum atomic E-state index is 13.2. The van der Waals surface area contributed by atoms with E-state index >= 15 is 0 Å². The molecule has 8 heteroatoms. The number of aliphatic hydroxyl groups excluding tert-OH is 1. The zero-order valence-electron chi connectivity index (χ0n) is 20.5. The Kier molecular flexibility index (Phi) is 8.50. The molecule has 1 atom stereocenters. The minimum atomic E-state index is -0.386. The molecule has 1 unspecified atom stereocenters. The van der Waals surface area contributed by atoms with Crippen LogP contribution in [0, 0.1) is 13.8 Å². The van der Waals surface area contributed by atoms with Gasteiger partial charge in [-0.3, -0.25) is 14.6 Å². The molecule has 1 aliphatic rings. The summed E-state index contributed by atoms with van der Waals surface area (Å²) in [5.74, 6) is 0.651. The highest BCUT2D eigenvalue weighted by atomic mass is 32.1. The van der Waals surface area contributed by atoms with E-state index in [0.29, 0.717) is 24.3 Å². The van der Waals surface area contributed by atoms with Crippen molar-refractivity contribution in [3.05, 3.63) is 50.9 Å². The van der Waals surface area contributed by atoms with Gasteiger partial charge in [-0.1, -0.05) is 37.1 Å². The first-order valence-corrected chi connectivity index (χ1v) is 13.1. The van der Waals surface area contributed by atoms with Gasteiger partial charge in [-0.05, 0) is 31.4 Å². The predicted octanol–water partition coefficient (Wildman–Crippen LogP) is 3.56. The molecule has 184 valence electrons. The molecule has 1 fully saturated rings. The number of hydrogen-bond donors (Lipinski definition) is 2. The Labute approximate surface area is 205 Å². The number of nitrogens with one attached hydrogen (secondary N) is 1. The lowest BCUT2D eigenvalue weighted by Gasteiger charge is -2.30. The standard InChI is InChI=1S/C26H36N4O3S/c1-4-5-20(31)15-30(9-8-29-10-12-33-13-11-29)16-23-27-25(32)24-22(17-34-26(24)28-23)21-14-18(2)6-7-19(21)3/h6-7,14,17,20,31H,4-5,8-13,15-16H2,1-3H3,(H,27,28,32). The lowest BCUT2D eigenvalue weighted by Crippen LogP contribution is -2.43. The second-order valence-corrected chi connectivity index (χ2v) is 10.2. The molecule has 4 rings (SSSR count). The summed E-state index contributed by atoms with van der Waals surface area (Å²) in [7, 11) is 0. The van der Waals surface area contributed by atoms with Crippen LogP contribution in [0.4, 0.5) is 0 Å². The minimum absolute atomic E-state index is 0.0978. The molecule has 3 heterocycles. The zero-order valence-corrected chi connectivity index (χ0v) is 21.3. The van der Waals surface area contributed by atoms with Gasteiger partial charge in [-0.15, -0.1) is 11.3 Å². The van der Waals surface area contributed by atoms with Crippen molar-refractivity contribution >= 4 is 21.6 Å². The number of fused-ring (bicyclic) bond motifs is 1. The number of hydrogen-bond acceptors (Lipinski definition) is 7. The number of thiophene rings is 1. The fourth-order valence-electron chi connectivity index (χ4n) is 4.57. The molecule has 0 aliphatic carbocycles. The molecular formula is C26H36N4O3S. The Morgan fingerprint density at radius 3 is 2.82 bits per heavy atom. The van der Waals surface area contributed by atoms with Gasteiger partial charge in [0, 0.05) is 43.7 Å². The first-order valence-electron chi connectivity index (χ1n) is 12.2. The number of aryl methyl sites for hydroxylation is 2. The van der Waals surface area contributed by atoms with Gasteiger partial charge >= 0.3 is 0 Å². The van der Waals surface area contributed by atoms with E-state index in [-0.39, 0.29) is 11.7 Å². The SMILES string of the molecule is CCCC(O)CN(CCN1CCOCC1)Cc1nc2scc(-c3cc(C)ccc3C)c2c(=O)[nH]1. The summed E-state index contributed by atoms with van der Waals surface area (Å²) < 4.78 is 5.46.